The summed E-state index contributed by atoms with van der Waals surface area (Å²) in [5, 5.41) is 14.4. The predicted molar refractivity (Wildman–Crippen MR) is 69.2 cm³/mol. The molecule has 1 atom stereocenters. The van der Waals surface area contributed by atoms with Crippen LogP contribution in [-0.2, 0) is 0 Å². The van der Waals surface area contributed by atoms with Crippen molar-refractivity contribution in [2.24, 2.45) is 0 Å². The summed E-state index contributed by atoms with van der Waals surface area (Å²) in [6.07, 6.45) is 3.06. The van der Waals surface area contributed by atoms with Crippen molar-refractivity contribution in [2.75, 3.05) is 18.1 Å². The summed E-state index contributed by atoms with van der Waals surface area (Å²) in [7, 11) is 0. The molecule has 5 heteroatoms. The van der Waals surface area contributed by atoms with Gasteiger partial charge in [-0.15, -0.1) is 0 Å². The summed E-state index contributed by atoms with van der Waals surface area (Å²) in [6.45, 7) is 2.90. The fourth-order valence-corrected chi connectivity index (χ4v) is 1.66. The van der Waals surface area contributed by atoms with E-state index in [-0.39, 0.29) is 10.6 Å². The lowest BCUT2D eigenvalue weighted by Crippen LogP contribution is -2.08. The van der Waals surface area contributed by atoms with Gasteiger partial charge >= 0.3 is 0 Å². The highest BCUT2D eigenvalue weighted by Gasteiger charge is 2.11. The molecule has 0 saturated carbocycles. The molecule has 88 valence electrons. The van der Waals surface area contributed by atoms with Gasteiger partial charge in [-0.3, -0.25) is 10.1 Å². The van der Waals surface area contributed by atoms with Crippen LogP contribution in [0.25, 0.3) is 0 Å². The number of para-hydroxylation sites is 2. The first-order valence-corrected chi connectivity index (χ1v) is 6.44. The summed E-state index contributed by atoms with van der Waals surface area (Å²) < 4.78 is 0. The molecule has 0 amide bonds. The van der Waals surface area contributed by atoms with E-state index in [1.54, 1.807) is 30.0 Å². The summed E-state index contributed by atoms with van der Waals surface area (Å²) in [5.74, 6) is 0. The van der Waals surface area contributed by atoms with Crippen molar-refractivity contribution in [1.82, 2.24) is 0 Å². The topological polar surface area (TPSA) is 55.2 Å². The molecule has 0 heterocycles. The number of thioether (sulfide) groups is 1. The van der Waals surface area contributed by atoms with Crippen molar-refractivity contribution in [3.8, 4) is 0 Å². The minimum Gasteiger partial charge on any atom is -0.379 e. The first kappa shape index (κ1) is 12.8. The normalized spacial score (nSPS) is 12.1. The number of benzene rings is 1. The van der Waals surface area contributed by atoms with E-state index in [9.17, 15) is 10.1 Å². The second-order valence-electron chi connectivity index (χ2n) is 3.54. The maximum absolute atomic E-state index is 10.7. The van der Waals surface area contributed by atoms with Crippen LogP contribution in [0.15, 0.2) is 24.3 Å². The first-order valence-electron chi connectivity index (χ1n) is 5.15. The van der Waals surface area contributed by atoms with Crippen molar-refractivity contribution < 1.29 is 4.92 Å². The average Bonchev–Trinajstić information content (AvgIpc) is 2.29. The molecule has 1 aromatic carbocycles. The van der Waals surface area contributed by atoms with E-state index in [1.165, 1.54) is 6.07 Å². The van der Waals surface area contributed by atoms with Crippen LogP contribution in [0.4, 0.5) is 11.4 Å². The lowest BCUT2D eigenvalue weighted by Gasteiger charge is -2.10. The third-order valence-electron chi connectivity index (χ3n) is 2.37. The Labute approximate surface area is 99.6 Å². The number of nitro benzene ring substituents is 1. The third kappa shape index (κ3) is 3.73. The molecular weight excluding hydrogens is 224 g/mol. The largest absolute Gasteiger partial charge is 0.379 e. The number of nitro groups is 1. The fourth-order valence-electron chi connectivity index (χ4n) is 1.31. The smallest absolute Gasteiger partial charge is 0.292 e. The standard InChI is InChI=1S/C11H16N2O2S/c1-9(16-2)7-8-12-10-5-3-4-6-11(10)13(14)15/h3-6,9,12H,7-8H2,1-2H3. The van der Waals surface area contributed by atoms with Gasteiger partial charge in [-0.1, -0.05) is 19.1 Å². The number of anilines is 1. The van der Waals surface area contributed by atoms with Gasteiger partial charge in [0.05, 0.1) is 4.92 Å². The monoisotopic (exact) mass is 240 g/mol. The highest BCUT2D eigenvalue weighted by molar-refractivity contribution is 7.99. The summed E-state index contributed by atoms with van der Waals surface area (Å²) in [4.78, 5) is 10.4. The van der Waals surface area contributed by atoms with Crippen LogP contribution in [0, 0.1) is 10.1 Å². The SMILES string of the molecule is CSC(C)CCNc1ccccc1[N+](=O)[O-]. The number of hydrogen-bond acceptors (Lipinski definition) is 4. The predicted octanol–water partition coefficient (Wildman–Crippen LogP) is 3.15. The second-order valence-corrected chi connectivity index (χ2v) is 4.81. The van der Waals surface area contributed by atoms with Gasteiger partial charge in [0.1, 0.15) is 5.69 Å². The van der Waals surface area contributed by atoms with E-state index in [0.29, 0.717) is 10.9 Å². The number of nitrogens with zero attached hydrogens (tertiary/aromatic N) is 1. The van der Waals surface area contributed by atoms with Crippen molar-refractivity contribution in [1.29, 1.82) is 0 Å². The number of rotatable bonds is 6. The lowest BCUT2D eigenvalue weighted by molar-refractivity contribution is -0.384. The second kappa shape index (κ2) is 6.37. The van der Waals surface area contributed by atoms with Crippen molar-refractivity contribution in [3.63, 3.8) is 0 Å². The van der Waals surface area contributed by atoms with E-state index in [0.717, 1.165) is 13.0 Å². The van der Waals surface area contributed by atoms with Crippen molar-refractivity contribution in [2.45, 2.75) is 18.6 Å². The molecule has 0 aliphatic carbocycles. The Bertz CT molecular complexity index is 358. The van der Waals surface area contributed by atoms with E-state index in [1.807, 2.05) is 0 Å². The Hall–Kier alpha value is -1.23. The molecule has 1 N–H and O–H groups in total. The number of hydrogen-bond donors (Lipinski definition) is 1. The molecule has 0 bridgehead atoms. The highest BCUT2D eigenvalue weighted by Crippen LogP contribution is 2.23. The Balaban J connectivity index is 2.56. The minimum absolute atomic E-state index is 0.138. The maximum atomic E-state index is 10.7. The van der Waals surface area contributed by atoms with Crippen LogP contribution < -0.4 is 5.32 Å². The molecular formula is C11H16N2O2S. The summed E-state index contributed by atoms with van der Waals surface area (Å²) in [5.41, 5.74) is 0.736. The van der Waals surface area contributed by atoms with Gasteiger partial charge in [0, 0.05) is 17.9 Å². The van der Waals surface area contributed by atoms with Crippen LogP contribution >= 0.6 is 11.8 Å². The Morgan fingerprint density at radius 2 is 2.19 bits per heavy atom. The molecule has 0 spiro atoms. The Morgan fingerprint density at radius 3 is 2.81 bits per heavy atom. The minimum atomic E-state index is -0.361. The molecule has 1 aromatic rings. The van der Waals surface area contributed by atoms with Gasteiger partial charge in [-0.05, 0) is 18.7 Å². The molecule has 0 radical (unpaired) electrons. The molecule has 0 aliphatic heterocycles. The van der Waals surface area contributed by atoms with E-state index < -0.39 is 0 Å². The molecule has 0 aliphatic rings. The Morgan fingerprint density at radius 1 is 1.50 bits per heavy atom. The van der Waals surface area contributed by atoms with Gasteiger partial charge in [-0.25, -0.2) is 0 Å². The molecule has 1 unspecified atom stereocenters. The molecule has 0 fully saturated rings. The first-order chi connectivity index (χ1) is 7.65. The van der Waals surface area contributed by atoms with Crippen LogP contribution in [0.2, 0.25) is 0 Å². The zero-order chi connectivity index (χ0) is 12.0. The van der Waals surface area contributed by atoms with Crippen LogP contribution in [-0.4, -0.2) is 23.0 Å². The van der Waals surface area contributed by atoms with Crippen LogP contribution in [0.1, 0.15) is 13.3 Å². The fraction of sp³-hybridized carbons (Fsp3) is 0.455. The van der Waals surface area contributed by atoms with Crippen LogP contribution in [0.5, 0.6) is 0 Å². The molecule has 0 aromatic heterocycles. The molecule has 0 saturated heterocycles. The lowest BCUT2D eigenvalue weighted by atomic mass is 10.2. The quantitative estimate of drug-likeness (QED) is 0.613. The highest BCUT2D eigenvalue weighted by atomic mass is 32.2. The average molecular weight is 240 g/mol. The summed E-state index contributed by atoms with van der Waals surface area (Å²) >= 11 is 1.80. The number of nitrogens with one attached hydrogen (secondary N) is 1. The van der Waals surface area contributed by atoms with E-state index >= 15 is 0 Å². The molecule has 4 nitrogen and oxygen atoms in total. The van der Waals surface area contributed by atoms with Gasteiger partial charge < -0.3 is 5.32 Å². The molecule has 1 rings (SSSR count). The van der Waals surface area contributed by atoms with Crippen LogP contribution in [0.3, 0.4) is 0 Å². The zero-order valence-corrected chi connectivity index (χ0v) is 10.3. The Kier molecular flexibility index (Phi) is 5.11. The van der Waals surface area contributed by atoms with Crippen molar-refractivity contribution >= 4 is 23.1 Å². The molecule has 16 heavy (non-hydrogen) atoms. The maximum Gasteiger partial charge on any atom is 0.292 e. The third-order valence-corrected chi connectivity index (χ3v) is 3.41. The van der Waals surface area contributed by atoms with Crippen molar-refractivity contribution in [3.05, 3.63) is 34.4 Å². The van der Waals surface area contributed by atoms with Gasteiger partial charge in [0.15, 0.2) is 0 Å². The summed E-state index contributed by atoms with van der Waals surface area (Å²) in [6, 6.07) is 6.73. The zero-order valence-electron chi connectivity index (χ0n) is 9.47. The van der Waals surface area contributed by atoms with Gasteiger partial charge in [0.25, 0.3) is 5.69 Å². The van der Waals surface area contributed by atoms with Gasteiger partial charge in [0.2, 0.25) is 0 Å². The van der Waals surface area contributed by atoms with E-state index in [2.05, 4.69) is 18.5 Å². The van der Waals surface area contributed by atoms with E-state index in [4.69, 9.17) is 0 Å². The van der Waals surface area contributed by atoms with Gasteiger partial charge in [-0.2, -0.15) is 11.8 Å².